The van der Waals surface area contributed by atoms with Crippen LogP contribution in [0, 0.1) is 5.95 Å². The molecule has 32 heavy (non-hydrogen) atoms. The van der Waals surface area contributed by atoms with Gasteiger partial charge in [-0.3, -0.25) is 4.79 Å². The Balaban J connectivity index is 1.35. The van der Waals surface area contributed by atoms with E-state index in [0.29, 0.717) is 37.0 Å². The van der Waals surface area contributed by atoms with Crippen molar-refractivity contribution in [1.82, 2.24) is 20.3 Å². The average molecular weight is 452 g/mol. The van der Waals surface area contributed by atoms with Gasteiger partial charge in [-0.05, 0) is 24.3 Å². The number of pyridine rings is 1. The Morgan fingerprint density at radius 1 is 1.09 bits per heavy atom. The van der Waals surface area contributed by atoms with Gasteiger partial charge in [0.15, 0.2) is 0 Å². The number of amides is 1. The van der Waals surface area contributed by atoms with Gasteiger partial charge in [0, 0.05) is 34.6 Å². The molecule has 1 fully saturated rings. The summed E-state index contributed by atoms with van der Waals surface area (Å²) >= 11 is 1.46. The summed E-state index contributed by atoms with van der Waals surface area (Å²) in [6.07, 6.45) is -0.165. The second kappa shape index (κ2) is 7.53. The molecule has 3 N–H and O–H groups in total. The van der Waals surface area contributed by atoms with Crippen LogP contribution in [0.1, 0.15) is 9.67 Å². The van der Waals surface area contributed by atoms with Crippen molar-refractivity contribution >= 4 is 55.6 Å². The van der Waals surface area contributed by atoms with E-state index in [4.69, 9.17) is 9.47 Å². The summed E-state index contributed by atoms with van der Waals surface area (Å²) in [7, 11) is 0. The van der Waals surface area contributed by atoms with Gasteiger partial charge in [0.1, 0.15) is 22.6 Å². The van der Waals surface area contributed by atoms with Crippen LogP contribution in [0.25, 0.3) is 21.0 Å². The first-order valence-corrected chi connectivity index (χ1v) is 10.9. The van der Waals surface area contributed by atoms with Crippen LogP contribution in [0.15, 0.2) is 30.3 Å². The number of aromatic nitrogens is 3. The molecule has 1 saturated heterocycles. The van der Waals surface area contributed by atoms with Crippen molar-refractivity contribution in [1.29, 1.82) is 0 Å². The molecule has 0 bridgehead atoms. The number of hydrogen-bond acceptors (Lipinski definition) is 9. The fraction of sp³-hybridized carbons (Fsp3) is 0.238. The Labute approximate surface area is 185 Å². The molecule has 0 spiro atoms. The van der Waals surface area contributed by atoms with Gasteiger partial charge in [-0.25, -0.2) is 4.98 Å². The molecular weight excluding hydrogens is 435 g/mol. The number of benzene rings is 1. The summed E-state index contributed by atoms with van der Waals surface area (Å²) in [6.45, 7) is 2.11. The first-order chi connectivity index (χ1) is 15.6. The van der Waals surface area contributed by atoms with Gasteiger partial charge in [-0.2, -0.15) is 14.4 Å². The normalized spacial score (nSPS) is 16.1. The monoisotopic (exact) mass is 452 g/mol. The molecule has 1 amide bonds. The number of rotatable bonds is 4. The highest BCUT2D eigenvalue weighted by molar-refractivity contribution is 7.21. The Morgan fingerprint density at radius 2 is 1.97 bits per heavy atom. The number of anilines is 3. The molecule has 2 aliphatic rings. The smallest absolute Gasteiger partial charge is 0.321 e. The number of carbonyl (C=O) groups excluding carboxylic acids is 1. The number of hydrogen-bond donors (Lipinski definition) is 3. The minimum Gasteiger partial charge on any atom is -0.455 e. The van der Waals surface area contributed by atoms with Crippen LogP contribution in [-0.4, -0.2) is 53.3 Å². The Kier molecular flexibility index (Phi) is 4.51. The minimum absolute atomic E-state index is 0.0476. The number of ether oxygens (including phenoxy) is 2. The molecule has 9 nitrogen and oxygen atoms in total. The van der Waals surface area contributed by atoms with E-state index in [-0.39, 0.29) is 23.8 Å². The highest BCUT2D eigenvalue weighted by Crippen LogP contribution is 2.40. The van der Waals surface area contributed by atoms with Gasteiger partial charge >= 0.3 is 6.01 Å². The number of nitrogens with one attached hydrogen (secondary N) is 3. The maximum atomic E-state index is 14.0. The zero-order chi connectivity index (χ0) is 21.7. The number of halogens is 1. The molecule has 0 radical (unpaired) electrons. The van der Waals surface area contributed by atoms with E-state index >= 15 is 0 Å². The predicted molar refractivity (Wildman–Crippen MR) is 118 cm³/mol. The lowest BCUT2D eigenvalue weighted by Gasteiger charge is -2.25. The van der Waals surface area contributed by atoms with Crippen molar-refractivity contribution in [2.24, 2.45) is 0 Å². The summed E-state index contributed by atoms with van der Waals surface area (Å²) in [5.41, 5.74) is 1.58. The molecule has 1 aromatic carbocycles. The summed E-state index contributed by atoms with van der Waals surface area (Å²) in [6, 6.07) is 8.73. The molecule has 6 rings (SSSR count). The third-order valence-corrected chi connectivity index (χ3v) is 6.40. The van der Waals surface area contributed by atoms with Crippen LogP contribution in [0.2, 0.25) is 0 Å². The van der Waals surface area contributed by atoms with Crippen molar-refractivity contribution in [3.05, 3.63) is 41.2 Å². The first-order valence-electron chi connectivity index (χ1n) is 10.1. The van der Waals surface area contributed by atoms with E-state index in [1.54, 1.807) is 6.07 Å². The zero-order valence-corrected chi connectivity index (χ0v) is 17.5. The van der Waals surface area contributed by atoms with E-state index in [9.17, 15) is 9.18 Å². The minimum atomic E-state index is -0.703. The van der Waals surface area contributed by atoms with Crippen molar-refractivity contribution in [3.63, 3.8) is 0 Å². The largest absolute Gasteiger partial charge is 0.455 e. The van der Waals surface area contributed by atoms with Crippen LogP contribution < -0.4 is 20.7 Å². The lowest BCUT2D eigenvalue weighted by atomic mass is 10.1. The number of carbonyl (C=O) groups is 1. The molecule has 2 aliphatic heterocycles. The quantitative estimate of drug-likeness (QED) is 0.405. The molecule has 3 aromatic heterocycles. The number of nitrogens with zero attached hydrogens (tertiary/aromatic N) is 3. The molecule has 11 heteroatoms. The van der Waals surface area contributed by atoms with Gasteiger partial charge in [-0.15, -0.1) is 11.3 Å². The van der Waals surface area contributed by atoms with Gasteiger partial charge in [0.05, 0.1) is 24.4 Å². The fourth-order valence-corrected chi connectivity index (χ4v) is 4.83. The van der Waals surface area contributed by atoms with Crippen LogP contribution in [-0.2, 0) is 4.74 Å². The highest BCUT2D eigenvalue weighted by atomic mass is 32.1. The fourth-order valence-electron chi connectivity index (χ4n) is 3.72. The topological polar surface area (TPSA) is 110 Å². The molecule has 162 valence electrons. The summed E-state index contributed by atoms with van der Waals surface area (Å²) in [5.74, 6) is -0.0308. The maximum Gasteiger partial charge on any atom is 0.321 e. The zero-order valence-electron chi connectivity index (χ0n) is 16.6. The molecule has 0 saturated carbocycles. The van der Waals surface area contributed by atoms with E-state index in [1.807, 2.05) is 18.2 Å². The van der Waals surface area contributed by atoms with Crippen LogP contribution in [0.5, 0.6) is 6.01 Å². The Morgan fingerprint density at radius 3 is 2.81 bits per heavy atom. The van der Waals surface area contributed by atoms with Crippen LogP contribution >= 0.6 is 11.3 Å². The lowest BCUT2D eigenvalue weighted by Crippen LogP contribution is -2.39. The molecular formula is C21H17FN6O3S. The molecule has 4 aromatic rings. The molecule has 0 aliphatic carbocycles. The van der Waals surface area contributed by atoms with Crippen molar-refractivity contribution < 1.29 is 18.7 Å². The van der Waals surface area contributed by atoms with Gasteiger partial charge < -0.3 is 25.4 Å². The van der Waals surface area contributed by atoms with E-state index in [2.05, 4.69) is 30.9 Å². The Hall–Kier alpha value is -3.57. The van der Waals surface area contributed by atoms with E-state index < -0.39 is 5.95 Å². The van der Waals surface area contributed by atoms with E-state index in [0.717, 1.165) is 26.7 Å². The van der Waals surface area contributed by atoms with Gasteiger partial charge in [-0.1, -0.05) is 0 Å². The first kappa shape index (κ1) is 19.1. The third kappa shape index (κ3) is 3.35. The van der Waals surface area contributed by atoms with Crippen molar-refractivity contribution in [2.75, 3.05) is 36.9 Å². The predicted octanol–water partition coefficient (Wildman–Crippen LogP) is 3.06. The van der Waals surface area contributed by atoms with Gasteiger partial charge in [0.2, 0.25) is 5.95 Å². The summed E-state index contributed by atoms with van der Waals surface area (Å²) in [4.78, 5) is 25.6. The average Bonchev–Trinajstić information content (AvgIpc) is 3.03. The van der Waals surface area contributed by atoms with Crippen LogP contribution in [0.4, 0.5) is 21.7 Å². The van der Waals surface area contributed by atoms with Crippen LogP contribution in [0.3, 0.4) is 0 Å². The second-order valence-electron chi connectivity index (χ2n) is 7.45. The Bertz CT molecular complexity index is 1370. The number of thiophene rings is 1. The lowest BCUT2D eigenvalue weighted by molar-refractivity contribution is -0.0833. The van der Waals surface area contributed by atoms with Gasteiger partial charge in [0.25, 0.3) is 5.91 Å². The molecule has 0 unspecified atom stereocenters. The van der Waals surface area contributed by atoms with E-state index in [1.165, 1.54) is 17.4 Å². The number of fused-ring (bicyclic) bond motifs is 5. The molecule has 5 heterocycles. The summed E-state index contributed by atoms with van der Waals surface area (Å²) in [5, 5.41) is 11.2. The summed E-state index contributed by atoms with van der Waals surface area (Å²) < 4.78 is 25.5. The van der Waals surface area contributed by atoms with Crippen molar-refractivity contribution in [2.45, 2.75) is 6.10 Å². The molecule has 0 atom stereocenters. The highest BCUT2D eigenvalue weighted by Gasteiger charge is 2.23. The maximum absolute atomic E-state index is 14.0. The standard InChI is InChI=1S/C21H17FN6O3S/c22-14-7-16(28-21(26-14)31-10-8-30-9-10)27-15-4-1-11-12(25-15)2-3-13-17(11)18-19(32-13)20(29)24-6-5-23-18/h1-4,7,10,23H,5-6,8-9H2,(H,24,29)(H,25,26,27,28). The van der Waals surface area contributed by atoms with Crippen molar-refractivity contribution in [3.8, 4) is 6.01 Å². The SMILES string of the molecule is O=C1NCCNc2c1sc1ccc3nc(Nc4cc(F)nc(OC5COC5)n4)ccc3c21. The second-order valence-corrected chi connectivity index (χ2v) is 8.50. The third-order valence-electron chi connectivity index (χ3n) is 5.25.